The van der Waals surface area contributed by atoms with Crippen LogP contribution >= 0.6 is 0 Å². The fourth-order valence-corrected chi connectivity index (χ4v) is 8.27. The van der Waals surface area contributed by atoms with Crippen LogP contribution in [-0.4, -0.2) is 0 Å². The molecule has 2 heteroatoms. The van der Waals surface area contributed by atoms with Gasteiger partial charge >= 0.3 is 0 Å². The van der Waals surface area contributed by atoms with Gasteiger partial charge in [0.05, 0.1) is 0 Å². The molecule has 7 aromatic carbocycles. The third kappa shape index (κ3) is 4.62. The van der Waals surface area contributed by atoms with Gasteiger partial charge in [-0.25, -0.2) is 0 Å². The average molecular weight is 649 g/mol. The van der Waals surface area contributed by atoms with Crippen molar-refractivity contribution in [2.24, 2.45) is 0 Å². The summed E-state index contributed by atoms with van der Waals surface area (Å²) in [4.78, 5) is 0. The maximum Gasteiger partial charge on any atom is 0.143 e. The molecule has 0 saturated heterocycles. The van der Waals surface area contributed by atoms with Gasteiger partial charge in [0.25, 0.3) is 0 Å². The molecular formula is C48H40O2. The Morgan fingerprint density at radius 3 is 1.48 bits per heavy atom. The summed E-state index contributed by atoms with van der Waals surface area (Å²) in [5.74, 6) is 2.60. The van der Waals surface area contributed by atoms with Gasteiger partial charge in [0.15, 0.2) is 0 Å². The molecule has 50 heavy (non-hydrogen) atoms. The quantitative estimate of drug-likeness (QED) is 0.186. The van der Waals surface area contributed by atoms with Gasteiger partial charge in [-0.2, -0.15) is 0 Å². The van der Waals surface area contributed by atoms with Crippen LogP contribution in [0.3, 0.4) is 0 Å². The molecule has 0 amide bonds. The van der Waals surface area contributed by atoms with E-state index < -0.39 is 0 Å². The van der Waals surface area contributed by atoms with Crippen molar-refractivity contribution in [3.63, 3.8) is 0 Å². The first-order chi connectivity index (χ1) is 24.3. The standard InChI is InChI=1S/C48H40O2/c1-27(2)45-29(5)43-42-26-40(36-23-18-31-12-7-8-14-35(31)24-36)48-44(30(6)46(50-48)28(3)4)41(42)25-39(47(43)49-45)34-21-19-33(20-22-34)38-17-11-15-32-13-9-10-16-37(32)38/h7-28H,1-6H3. The van der Waals surface area contributed by atoms with Crippen LogP contribution in [0.5, 0.6) is 0 Å². The summed E-state index contributed by atoms with van der Waals surface area (Å²) >= 11 is 0. The Labute approximate surface area is 293 Å². The van der Waals surface area contributed by atoms with Crippen LogP contribution in [0.15, 0.2) is 130 Å². The molecule has 2 heterocycles. The predicted octanol–water partition coefficient (Wildman–Crippen LogP) is 14.5. The molecule has 0 unspecified atom stereocenters. The molecule has 0 spiro atoms. The van der Waals surface area contributed by atoms with Gasteiger partial charge in [0, 0.05) is 33.7 Å². The average Bonchev–Trinajstić information content (AvgIpc) is 3.68. The Balaban J connectivity index is 1.34. The lowest BCUT2D eigenvalue weighted by Crippen LogP contribution is -1.89. The summed E-state index contributed by atoms with van der Waals surface area (Å²) in [6.07, 6.45) is 0. The Morgan fingerprint density at radius 1 is 0.400 bits per heavy atom. The molecule has 2 aromatic heterocycles. The summed E-state index contributed by atoms with van der Waals surface area (Å²) in [7, 11) is 0. The number of furan rings is 2. The first-order valence-electron chi connectivity index (χ1n) is 17.8. The molecule has 244 valence electrons. The molecule has 0 bridgehead atoms. The number of hydrogen-bond donors (Lipinski definition) is 0. The highest BCUT2D eigenvalue weighted by atomic mass is 16.3. The highest BCUT2D eigenvalue weighted by Gasteiger charge is 2.25. The lowest BCUT2D eigenvalue weighted by atomic mass is 9.89. The van der Waals surface area contributed by atoms with Crippen LogP contribution in [0.2, 0.25) is 0 Å². The molecule has 0 saturated carbocycles. The Kier molecular flexibility index (Phi) is 7.00. The minimum Gasteiger partial charge on any atom is -0.460 e. The zero-order chi connectivity index (χ0) is 34.3. The number of rotatable bonds is 5. The zero-order valence-electron chi connectivity index (χ0n) is 29.5. The Morgan fingerprint density at radius 2 is 0.880 bits per heavy atom. The summed E-state index contributed by atoms with van der Waals surface area (Å²) in [6.45, 7) is 13.3. The molecular weight excluding hydrogens is 609 g/mol. The van der Waals surface area contributed by atoms with E-state index in [2.05, 4.69) is 163 Å². The van der Waals surface area contributed by atoms with E-state index in [4.69, 9.17) is 8.83 Å². The molecule has 0 aliphatic carbocycles. The van der Waals surface area contributed by atoms with Gasteiger partial charge in [-0.05, 0) is 97.7 Å². The van der Waals surface area contributed by atoms with Crippen LogP contribution in [0, 0.1) is 13.8 Å². The molecule has 0 N–H and O–H groups in total. The van der Waals surface area contributed by atoms with E-state index in [0.29, 0.717) is 0 Å². The van der Waals surface area contributed by atoms with Gasteiger partial charge in [0.2, 0.25) is 0 Å². The first-order valence-corrected chi connectivity index (χ1v) is 17.8. The van der Waals surface area contributed by atoms with Crippen molar-refractivity contribution in [3.8, 4) is 33.4 Å². The van der Waals surface area contributed by atoms with Gasteiger partial charge < -0.3 is 8.83 Å². The van der Waals surface area contributed by atoms with E-state index in [1.165, 1.54) is 65.3 Å². The van der Waals surface area contributed by atoms with Gasteiger partial charge in [-0.3, -0.25) is 0 Å². The fourth-order valence-electron chi connectivity index (χ4n) is 8.27. The molecule has 2 nitrogen and oxygen atoms in total. The second-order valence-electron chi connectivity index (χ2n) is 14.5. The molecule has 9 rings (SSSR count). The number of benzene rings is 7. The number of aryl methyl sites for hydroxylation is 2. The fraction of sp³-hybridized carbons (Fsp3) is 0.167. The van der Waals surface area contributed by atoms with Gasteiger partial charge in [0.1, 0.15) is 22.7 Å². The third-order valence-corrected chi connectivity index (χ3v) is 10.7. The number of hydrogen-bond acceptors (Lipinski definition) is 2. The van der Waals surface area contributed by atoms with E-state index in [9.17, 15) is 0 Å². The lowest BCUT2D eigenvalue weighted by Gasteiger charge is -2.13. The van der Waals surface area contributed by atoms with E-state index in [0.717, 1.165) is 44.9 Å². The molecule has 0 atom stereocenters. The van der Waals surface area contributed by atoms with Crippen molar-refractivity contribution in [3.05, 3.63) is 144 Å². The first kappa shape index (κ1) is 30.5. The minimum absolute atomic E-state index is 0.255. The smallest absolute Gasteiger partial charge is 0.143 e. The zero-order valence-corrected chi connectivity index (χ0v) is 29.5. The third-order valence-electron chi connectivity index (χ3n) is 10.7. The largest absolute Gasteiger partial charge is 0.460 e. The van der Waals surface area contributed by atoms with E-state index in [-0.39, 0.29) is 11.8 Å². The Bertz CT molecular complexity index is 2760. The van der Waals surface area contributed by atoms with Crippen molar-refractivity contribution in [2.75, 3.05) is 0 Å². The maximum atomic E-state index is 6.89. The SMILES string of the molecule is Cc1c(C(C)C)oc2c(-c3ccc(-c4cccc5ccccc45)cc3)cc3c(cc(-c4ccc5ccccc5c4)c4oc(C(C)C)c(C)c43)c12. The highest BCUT2D eigenvalue weighted by Crippen LogP contribution is 2.48. The van der Waals surface area contributed by atoms with Crippen molar-refractivity contribution in [2.45, 2.75) is 53.4 Å². The molecule has 0 fully saturated rings. The monoisotopic (exact) mass is 648 g/mol. The summed E-state index contributed by atoms with van der Waals surface area (Å²) < 4.78 is 13.8. The van der Waals surface area contributed by atoms with Gasteiger partial charge in [-0.1, -0.05) is 131 Å². The summed E-state index contributed by atoms with van der Waals surface area (Å²) in [5.41, 5.74) is 11.3. The van der Waals surface area contributed by atoms with Crippen molar-refractivity contribution in [1.82, 2.24) is 0 Å². The van der Waals surface area contributed by atoms with Crippen molar-refractivity contribution in [1.29, 1.82) is 0 Å². The normalized spacial score (nSPS) is 12.2. The lowest BCUT2D eigenvalue weighted by molar-refractivity contribution is 0.518. The van der Waals surface area contributed by atoms with Crippen molar-refractivity contribution >= 4 is 54.3 Å². The predicted molar refractivity (Wildman–Crippen MR) is 212 cm³/mol. The Hall–Kier alpha value is -5.60. The minimum atomic E-state index is 0.255. The van der Waals surface area contributed by atoms with E-state index >= 15 is 0 Å². The second kappa shape index (κ2) is 11.5. The highest BCUT2D eigenvalue weighted by molar-refractivity contribution is 6.24. The van der Waals surface area contributed by atoms with Gasteiger partial charge in [-0.15, -0.1) is 0 Å². The van der Waals surface area contributed by atoms with Crippen LogP contribution in [0.25, 0.3) is 87.6 Å². The summed E-state index contributed by atoms with van der Waals surface area (Å²) in [6, 6.07) is 44.2. The summed E-state index contributed by atoms with van der Waals surface area (Å²) in [5, 5.41) is 9.77. The van der Waals surface area contributed by atoms with Crippen LogP contribution in [-0.2, 0) is 0 Å². The second-order valence-corrected chi connectivity index (χ2v) is 14.5. The maximum absolute atomic E-state index is 6.89. The van der Waals surface area contributed by atoms with Crippen LogP contribution < -0.4 is 0 Å². The topological polar surface area (TPSA) is 26.3 Å². The molecule has 9 aromatic rings. The number of fused-ring (bicyclic) bond motifs is 7. The van der Waals surface area contributed by atoms with Crippen LogP contribution in [0.1, 0.15) is 62.2 Å². The molecule has 0 aliphatic heterocycles. The van der Waals surface area contributed by atoms with E-state index in [1.807, 2.05) is 0 Å². The van der Waals surface area contributed by atoms with E-state index in [1.54, 1.807) is 0 Å². The van der Waals surface area contributed by atoms with Crippen LogP contribution in [0.4, 0.5) is 0 Å². The van der Waals surface area contributed by atoms with Crippen molar-refractivity contribution < 1.29 is 8.83 Å². The molecule has 0 radical (unpaired) electrons. The molecule has 0 aliphatic rings.